The minimum Gasteiger partial charge on any atom is -0.352 e. The smallest absolute Gasteiger partial charge is 0.242 e. The molecule has 2 rings (SSSR count). The average molecular weight is 467 g/mol. The predicted octanol–water partition coefficient (Wildman–Crippen LogP) is 5.48. The van der Waals surface area contributed by atoms with E-state index in [1.807, 2.05) is 26.0 Å². The summed E-state index contributed by atoms with van der Waals surface area (Å²) in [6, 6.07) is 12.7. The molecule has 2 aromatic carbocycles. The molecule has 162 valence electrons. The third-order valence-corrected chi connectivity index (χ3v) is 6.25. The molecule has 30 heavy (non-hydrogen) atoms. The van der Waals surface area contributed by atoms with Crippen LogP contribution in [0.15, 0.2) is 42.5 Å². The SMILES string of the molecule is Cc1ccccc1CSCC(=O)N(Cc1ccc(Cl)cc1Cl)C(C)C(=O)NC(C)C. The fourth-order valence-corrected chi connectivity index (χ4v) is 4.38. The molecule has 2 amide bonds. The molecule has 0 aliphatic heterocycles. The van der Waals surface area contributed by atoms with Gasteiger partial charge in [0.25, 0.3) is 0 Å². The highest BCUT2D eigenvalue weighted by Gasteiger charge is 2.27. The van der Waals surface area contributed by atoms with Crippen LogP contribution in [0.2, 0.25) is 10.0 Å². The summed E-state index contributed by atoms with van der Waals surface area (Å²) in [7, 11) is 0. The van der Waals surface area contributed by atoms with Gasteiger partial charge in [-0.2, -0.15) is 0 Å². The molecule has 0 fully saturated rings. The Morgan fingerprint density at radius 2 is 1.77 bits per heavy atom. The van der Waals surface area contributed by atoms with E-state index in [0.29, 0.717) is 10.0 Å². The van der Waals surface area contributed by atoms with E-state index in [1.54, 1.807) is 41.8 Å². The number of rotatable bonds is 9. The van der Waals surface area contributed by atoms with Crippen LogP contribution in [0.3, 0.4) is 0 Å². The fourth-order valence-electron chi connectivity index (χ4n) is 2.92. The van der Waals surface area contributed by atoms with Crippen LogP contribution < -0.4 is 5.32 Å². The molecule has 0 saturated heterocycles. The summed E-state index contributed by atoms with van der Waals surface area (Å²) in [6.07, 6.45) is 0. The van der Waals surface area contributed by atoms with Crippen molar-refractivity contribution in [1.82, 2.24) is 10.2 Å². The molecular weight excluding hydrogens is 439 g/mol. The Balaban J connectivity index is 2.13. The molecule has 4 nitrogen and oxygen atoms in total. The van der Waals surface area contributed by atoms with Crippen molar-refractivity contribution < 1.29 is 9.59 Å². The number of benzene rings is 2. The van der Waals surface area contributed by atoms with Gasteiger partial charge in [-0.05, 0) is 56.5 Å². The van der Waals surface area contributed by atoms with Gasteiger partial charge in [-0.3, -0.25) is 9.59 Å². The zero-order valence-corrected chi connectivity index (χ0v) is 20.1. The van der Waals surface area contributed by atoms with Crippen LogP contribution in [-0.4, -0.2) is 34.6 Å². The van der Waals surface area contributed by atoms with Crippen molar-refractivity contribution in [2.24, 2.45) is 0 Å². The van der Waals surface area contributed by atoms with Crippen LogP contribution in [0.1, 0.15) is 37.5 Å². The van der Waals surface area contributed by atoms with E-state index in [4.69, 9.17) is 23.2 Å². The van der Waals surface area contributed by atoms with Gasteiger partial charge in [-0.1, -0.05) is 53.5 Å². The molecule has 0 bridgehead atoms. The first-order valence-electron chi connectivity index (χ1n) is 9.85. The highest BCUT2D eigenvalue weighted by atomic mass is 35.5. The van der Waals surface area contributed by atoms with E-state index in [2.05, 4.69) is 24.4 Å². The van der Waals surface area contributed by atoms with E-state index < -0.39 is 6.04 Å². The Kier molecular flexibility index (Phi) is 9.53. The van der Waals surface area contributed by atoms with Gasteiger partial charge < -0.3 is 10.2 Å². The average Bonchev–Trinajstić information content (AvgIpc) is 2.67. The number of hydrogen-bond acceptors (Lipinski definition) is 3. The van der Waals surface area contributed by atoms with Crippen molar-refractivity contribution in [1.29, 1.82) is 0 Å². The molecule has 0 aliphatic carbocycles. The van der Waals surface area contributed by atoms with Crippen LogP contribution in [0.25, 0.3) is 0 Å². The quantitative estimate of drug-likeness (QED) is 0.532. The number of amides is 2. The summed E-state index contributed by atoms with van der Waals surface area (Å²) in [6.45, 7) is 7.83. The molecule has 0 aliphatic rings. The lowest BCUT2D eigenvalue weighted by Crippen LogP contribution is -2.49. The highest BCUT2D eigenvalue weighted by molar-refractivity contribution is 7.99. The van der Waals surface area contributed by atoms with Gasteiger partial charge in [0.15, 0.2) is 0 Å². The molecule has 1 atom stereocenters. The first-order valence-corrected chi connectivity index (χ1v) is 11.8. The number of carbonyl (C=O) groups is 2. The summed E-state index contributed by atoms with van der Waals surface area (Å²) in [5.74, 6) is 0.720. The Labute approximate surface area is 193 Å². The summed E-state index contributed by atoms with van der Waals surface area (Å²) >= 11 is 13.9. The van der Waals surface area contributed by atoms with Crippen molar-refractivity contribution in [3.05, 3.63) is 69.2 Å². The van der Waals surface area contributed by atoms with E-state index >= 15 is 0 Å². The number of nitrogens with zero attached hydrogens (tertiary/aromatic N) is 1. The van der Waals surface area contributed by atoms with Crippen molar-refractivity contribution in [3.63, 3.8) is 0 Å². The van der Waals surface area contributed by atoms with Crippen LogP contribution in [0, 0.1) is 6.92 Å². The lowest BCUT2D eigenvalue weighted by atomic mass is 10.1. The molecule has 1 unspecified atom stereocenters. The molecule has 2 aromatic rings. The Morgan fingerprint density at radius 3 is 2.40 bits per heavy atom. The van der Waals surface area contributed by atoms with Crippen LogP contribution >= 0.6 is 35.0 Å². The van der Waals surface area contributed by atoms with Crippen molar-refractivity contribution in [3.8, 4) is 0 Å². The molecule has 7 heteroatoms. The zero-order valence-electron chi connectivity index (χ0n) is 17.7. The summed E-state index contributed by atoms with van der Waals surface area (Å²) in [4.78, 5) is 27.3. The predicted molar refractivity (Wildman–Crippen MR) is 127 cm³/mol. The second-order valence-electron chi connectivity index (χ2n) is 7.52. The van der Waals surface area contributed by atoms with Gasteiger partial charge >= 0.3 is 0 Å². The number of thioether (sulfide) groups is 1. The number of halogens is 2. The molecule has 1 N–H and O–H groups in total. The normalized spacial score (nSPS) is 12.0. The van der Waals surface area contributed by atoms with E-state index in [-0.39, 0.29) is 30.2 Å². The molecule has 0 heterocycles. The van der Waals surface area contributed by atoms with Gasteiger partial charge in [0.2, 0.25) is 11.8 Å². The van der Waals surface area contributed by atoms with E-state index in [1.165, 1.54) is 11.1 Å². The van der Waals surface area contributed by atoms with Crippen LogP contribution in [0.4, 0.5) is 0 Å². The number of aryl methyl sites for hydroxylation is 1. The van der Waals surface area contributed by atoms with Gasteiger partial charge in [-0.25, -0.2) is 0 Å². The molecule has 0 aromatic heterocycles. The maximum Gasteiger partial charge on any atom is 0.242 e. The lowest BCUT2D eigenvalue weighted by Gasteiger charge is -2.29. The third kappa shape index (κ3) is 7.22. The number of nitrogens with one attached hydrogen (secondary N) is 1. The monoisotopic (exact) mass is 466 g/mol. The number of carbonyl (C=O) groups excluding carboxylic acids is 2. The minimum atomic E-state index is -0.620. The zero-order chi connectivity index (χ0) is 22.3. The highest BCUT2D eigenvalue weighted by Crippen LogP contribution is 2.24. The number of hydrogen-bond donors (Lipinski definition) is 1. The topological polar surface area (TPSA) is 49.4 Å². The molecule has 0 spiro atoms. The van der Waals surface area contributed by atoms with E-state index in [9.17, 15) is 9.59 Å². The standard InChI is InChI=1S/C23H28Cl2N2O2S/c1-15(2)26-23(29)17(4)27(12-18-9-10-20(24)11-21(18)25)22(28)14-30-13-19-8-6-5-7-16(19)3/h5-11,15,17H,12-14H2,1-4H3,(H,26,29). The first-order chi connectivity index (χ1) is 14.2. The van der Waals surface area contributed by atoms with Gasteiger partial charge in [0.05, 0.1) is 5.75 Å². The Bertz CT molecular complexity index is 889. The molecule has 0 radical (unpaired) electrons. The van der Waals surface area contributed by atoms with E-state index in [0.717, 1.165) is 11.3 Å². The summed E-state index contributed by atoms with van der Waals surface area (Å²) < 4.78 is 0. The second-order valence-corrected chi connectivity index (χ2v) is 9.35. The van der Waals surface area contributed by atoms with Crippen LogP contribution in [0.5, 0.6) is 0 Å². The molecular formula is C23H28Cl2N2O2S. The minimum absolute atomic E-state index is 0.00791. The fraction of sp³-hybridized carbons (Fsp3) is 0.391. The largest absolute Gasteiger partial charge is 0.352 e. The summed E-state index contributed by atoms with van der Waals surface area (Å²) in [5, 5.41) is 3.89. The molecule has 0 saturated carbocycles. The van der Waals surface area contributed by atoms with Gasteiger partial charge in [0.1, 0.15) is 6.04 Å². The second kappa shape index (κ2) is 11.6. The van der Waals surface area contributed by atoms with Crippen molar-refractivity contribution in [2.75, 3.05) is 5.75 Å². The van der Waals surface area contributed by atoms with Gasteiger partial charge in [0, 0.05) is 28.4 Å². The Hall–Kier alpha value is -1.69. The maximum absolute atomic E-state index is 13.1. The van der Waals surface area contributed by atoms with Crippen molar-refractivity contribution in [2.45, 2.75) is 52.1 Å². The van der Waals surface area contributed by atoms with Gasteiger partial charge in [-0.15, -0.1) is 11.8 Å². The van der Waals surface area contributed by atoms with Crippen LogP contribution in [-0.2, 0) is 21.9 Å². The maximum atomic E-state index is 13.1. The third-order valence-electron chi connectivity index (χ3n) is 4.70. The lowest BCUT2D eigenvalue weighted by molar-refractivity contribution is -0.138. The van der Waals surface area contributed by atoms with Crippen molar-refractivity contribution >= 4 is 46.8 Å². The first kappa shape index (κ1) is 24.6. The summed E-state index contributed by atoms with van der Waals surface area (Å²) in [5.41, 5.74) is 3.16. The Morgan fingerprint density at radius 1 is 1.07 bits per heavy atom.